The van der Waals surface area contributed by atoms with Gasteiger partial charge in [0.25, 0.3) is 5.91 Å². The van der Waals surface area contributed by atoms with Gasteiger partial charge in [0.1, 0.15) is 17.8 Å². The van der Waals surface area contributed by atoms with Gasteiger partial charge in [-0.05, 0) is 24.3 Å². The van der Waals surface area contributed by atoms with Gasteiger partial charge < -0.3 is 11.1 Å². The summed E-state index contributed by atoms with van der Waals surface area (Å²) in [7, 11) is 0. The van der Waals surface area contributed by atoms with Crippen LogP contribution in [-0.2, 0) is 0 Å². The fraction of sp³-hybridized carbons (Fsp3) is 0. The van der Waals surface area contributed by atoms with Gasteiger partial charge in [0, 0.05) is 18.6 Å². The quantitative estimate of drug-likeness (QED) is 0.510. The number of carbonyl (C=O) groups is 1. The lowest BCUT2D eigenvalue weighted by Gasteiger charge is -2.12. The van der Waals surface area contributed by atoms with Crippen molar-refractivity contribution in [2.45, 2.75) is 0 Å². The zero-order valence-electron chi connectivity index (χ0n) is 12.8. The second-order valence-corrected chi connectivity index (χ2v) is 5.23. The molecule has 0 aliphatic rings. The zero-order valence-corrected chi connectivity index (χ0v) is 13.5. The van der Waals surface area contributed by atoms with Crippen molar-refractivity contribution < 1.29 is 4.79 Å². The van der Waals surface area contributed by atoms with Crippen LogP contribution in [0.4, 0.5) is 23.1 Å². The summed E-state index contributed by atoms with van der Waals surface area (Å²) in [4.78, 5) is 28.0. The summed E-state index contributed by atoms with van der Waals surface area (Å²) in [6, 6.07) is 6.66. The van der Waals surface area contributed by atoms with E-state index in [0.29, 0.717) is 22.2 Å². The van der Waals surface area contributed by atoms with Crippen LogP contribution in [0, 0.1) is 0 Å². The predicted octanol–water partition coefficient (Wildman–Crippen LogP) is 2.00. The molecule has 0 aliphatic carbocycles. The summed E-state index contributed by atoms with van der Waals surface area (Å²) in [5.41, 5.74) is 11.8. The van der Waals surface area contributed by atoms with Gasteiger partial charge in [-0.25, -0.2) is 15.0 Å². The summed E-state index contributed by atoms with van der Waals surface area (Å²) in [6.07, 6.45) is 5.82. The molecule has 25 heavy (non-hydrogen) atoms. The molecular formula is C15H13ClN8O. The first kappa shape index (κ1) is 16.4. The van der Waals surface area contributed by atoms with Gasteiger partial charge in [0.2, 0.25) is 0 Å². The van der Waals surface area contributed by atoms with Crippen molar-refractivity contribution >= 4 is 40.6 Å². The number of hydrazine groups is 1. The number of nitrogen functional groups attached to an aromatic ring is 1. The monoisotopic (exact) mass is 356 g/mol. The molecule has 3 aromatic rings. The highest BCUT2D eigenvalue weighted by Crippen LogP contribution is 2.24. The molecule has 0 radical (unpaired) electrons. The largest absolute Gasteiger partial charge is 0.393 e. The average Bonchev–Trinajstić information content (AvgIpc) is 2.64. The van der Waals surface area contributed by atoms with Crippen LogP contribution in [0.5, 0.6) is 0 Å². The lowest BCUT2D eigenvalue weighted by atomic mass is 10.3. The number of rotatable bonds is 5. The topological polar surface area (TPSA) is 131 Å². The van der Waals surface area contributed by atoms with Crippen molar-refractivity contribution in [3.8, 4) is 0 Å². The Kier molecular flexibility index (Phi) is 4.86. The average molecular weight is 357 g/mol. The Morgan fingerprint density at radius 2 is 1.92 bits per heavy atom. The predicted molar refractivity (Wildman–Crippen MR) is 94.3 cm³/mol. The third-order valence-electron chi connectivity index (χ3n) is 3.08. The number of pyridine rings is 2. The molecule has 5 N–H and O–H groups in total. The molecular weight excluding hydrogens is 344 g/mol. The Bertz CT molecular complexity index is 872. The van der Waals surface area contributed by atoms with Crippen LogP contribution >= 0.6 is 11.6 Å². The molecule has 0 bridgehead atoms. The number of anilines is 4. The highest BCUT2D eigenvalue weighted by molar-refractivity contribution is 6.30. The molecule has 0 saturated heterocycles. The normalized spacial score (nSPS) is 10.1. The van der Waals surface area contributed by atoms with E-state index in [1.807, 2.05) is 0 Å². The van der Waals surface area contributed by atoms with Gasteiger partial charge in [0.15, 0.2) is 11.6 Å². The van der Waals surface area contributed by atoms with E-state index < -0.39 is 0 Å². The number of aromatic nitrogens is 4. The fourth-order valence-corrected chi connectivity index (χ4v) is 1.96. The first-order valence-electron chi connectivity index (χ1n) is 7.09. The number of nitrogens with two attached hydrogens (primary N) is 1. The van der Waals surface area contributed by atoms with Gasteiger partial charge in [-0.3, -0.25) is 20.6 Å². The summed E-state index contributed by atoms with van der Waals surface area (Å²) in [5, 5.41) is 3.47. The minimum Gasteiger partial charge on any atom is -0.393 e. The van der Waals surface area contributed by atoms with Gasteiger partial charge in [0.05, 0.1) is 10.6 Å². The Morgan fingerprint density at radius 1 is 1.08 bits per heavy atom. The molecule has 0 unspecified atom stereocenters. The Labute approximate surface area is 147 Å². The lowest BCUT2D eigenvalue weighted by Crippen LogP contribution is -2.30. The maximum atomic E-state index is 12.0. The van der Waals surface area contributed by atoms with E-state index in [4.69, 9.17) is 17.3 Å². The molecule has 3 aromatic heterocycles. The van der Waals surface area contributed by atoms with Crippen LogP contribution in [0.2, 0.25) is 5.02 Å². The Balaban J connectivity index is 1.70. The molecule has 0 spiro atoms. The van der Waals surface area contributed by atoms with Gasteiger partial charge in [-0.15, -0.1) is 0 Å². The van der Waals surface area contributed by atoms with Gasteiger partial charge in [-0.2, -0.15) is 0 Å². The second kappa shape index (κ2) is 7.41. The maximum absolute atomic E-state index is 12.0. The molecule has 3 rings (SSSR count). The maximum Gasteiger partial charge on any atom is 0.271 e. The number of nitrogens with one attached hydrogen (secondary N) is 3. The lowest BCUT2D eigenvalue weighted by molar-refractivity contribution is 0.0962. The number of halogens is 1. The van der Waals surface area contributed by atoms with Crippen molar-refractivity contribution in [1.82, 2.24) is 25.4 Å². The third kappa shape index (κ3) is 4.09. The van der Waals surface area contributed by atoms with Crippen molar-refractivity contribution in [2.75, 3.05) is 16.5 Å². The molecule has 9 nitrogen and oxygen atoms in total. The van der Waals surface area contributed by atoms with E-state index in [9.17, 15) is 4.79 Å². The minimum atomic E-state index is -0.375. The number of nitrogens with zero attached hydrogens (tertiary/aromatic N) is 4. The van der Waals surface area contributed by atoms with Gasteiger partial charge >= 0.3 is 0 Å². The molecule has 126 valence electrons. The van der Waals surface area contributed by atoms with Crippen LogP contribution < -0.4 is 21.9 Å². The summed E-state index contributed by atoms with van der Waals surface area (Å²) in [6.45, 7) is 0. The van der Waals surface area contributed by atoms with Crippen LogP contribution in [0.1, 0.15) is 10.4 Å². The zero-order chi connectivity index (χ0) is 17.6. The highest BCUT2D eigenvalue weighted by atomic mass is 35.5. The first-order chi connectivity index (χ1) is 12.1. The number of hydrogen-bond acceptors (Lipinski definition) is 8. The van der Waals surface area contributed by atoms with Crippen LogP contribution in [0.3, 0.4) is 0 Å². The Morgan fingerprint density at radius 3 is 2.64 bits per heavy atom. The SMILES string of the molecule is Nc1c(NNC(=O)c2cccnc2)ncnc1Nc1ccc(Cl)cn1. The van der Waals surface area contributed by atoms with Crippen LogP contribution in [0.25, 0.3) is 0 Å². The fourth-order valence-electron chi connectivity index (χ4n) is 1.85. The van der Waals surface area contributed by atoms with Crippen molar-refractivity contribution in [3.63, 3.8) is 0 Å². The smallest absolute Gasteiger partial charge is 0.271 e. The van der Waals surface area contributed by atoms with E-state index in [1.54, 1.807) is 30.5 Å². The van der Waals surface area contributed by atoms with E-state index in [2.05, 4.69) is 36.1 Å². The van der Waals surface area contributed by atoms with Crippen LogP contribution in [-0.4, -0.2) is 25.8 Å². The van der Waals surface area contributed by atoms with Crippen molar-refractivity contribution in [3.05, 3.63) is 59.8 Å². The summed E-state index contributed by atoms with van der Waals surface area (Å²) < 4.78 is 0. The molecule has 0 saturated carbocycles. The van der Waals surface area contributed by atoms with Crippen molar-refractivity contribution in [1.29, 1.82) is 0 Å². The molecule has 3 heterocycles. The molecule has 0 fully saturated rings. The number of hydrogen-bond donors (Lipinski definition) is 4. The molecule has 0 aliphatic heterocycles. The van der Waals surface area contributed by atoms with Crippen LogP contribution in [0.15, 0.2) is 49.2 Å². The molecule has 0 aromatic carbocycles. The van der Waals surface area contributed by atoms with E-state index in [0.717, 1.165) is 0 Å². The molecule has 1 amide bonds. The minimum absolute atomic E-state index is 0.214. The first-order valence-corrected chi connectivity index (χ1v) is 7.46. The second-order valence-electron chi connectivity index (χ2n) is 4.79. The summed E-state index contributed by atoms with van der Waals surface area (Å²) in [5.74, 6) is 0.715. The molecule has 0 atom stereocenters. The third-order valence-corrected chi connectivity index (χ3v) is 3.30. The van der Waals surface area contributed by atoms with E-state index >= 15 is 0 Å². The number of amides is 1. The number of carbonyl (C=O) groups excluding carboxylic acids is 1. The Hall–Kier alpha value is -3.46. The standard InChI is InChI=1S/C15H13ClN8O/c16-10-3-4-11(19-7-10)22-13-12(17)14(21-8-20-13)23-24-15(25)9-2-1-5-18-6-9/h1-8H,17H2,(H,24,25)(H2,19,20,21,22,23). The highest BCUT2D eigenvalue weighted by Gasteiger charge is 2.11. The summed E-state index contributed by atoms with van der Waals surface area (Å²) >= 11 is 5.80. The van der Waals surface area contributed by atoms with E-state index in [1.165, 1.54) is 18.7 Å². The molecule has 10 heteroatoms. The van der Waals surface area contributed by atoms with E-state index in [-0.39, 0.29) is 17.4 Å². The van der Waals surface area contributed by atoms with Gasteiger partial charge in [-0.1, -0.05) is 11.6 Å². The van der Waals surface area contributed by atoms with Crippen molar-refractivity contribution in [2.24, 2.45) is 0 Å².